The van der Waals surface area contributed by atoms with Crippen molar-refractivity contribution < 1.29 is 14.8 Å². The molecule has 0 radical (unpaired) electrons. The van der Waals surface area contributed by atoms with Gasteiger partial charge < -0.3 is 14.8 Å². The molecule has 0 aliphatic carbocycles. The van der Waals surface area contributed by atoms with E-state index < -0.39 is 0 Å². The van der Waals surface area contributed by atoms with Gasteiger partial charge in [-0.3, -0.25) is 0 Å². The standard InChI is InChI=1S/C20H27NO2/c1-3-17(2)21-13-14-22-15-16-23-20-12-8-7-11-19(20)18-9-5-4-6-10-18/h4-12,17,21H,3,13-16H2,1-2H3/p+1/t17-/m0/s1. The number of hydrogen-bond acceptors (Lipinski definition) is 2. The van der Waals surface area contributed by atoms with Crippen LogP contribution in [-0.4, -0.2) is 32.4 Å². The molecule has 2 aromatic rings. The molecule has 0 aliphatic rings. The van der Waals surface area contributed by atoms with E-state index in [0.717, 1.165) is 24.5 Å². The van der Waals surface area contributed by atoms with E-state index in [-0.39, 0.29) is 0 Å². The Hall–Kier alpha value is -1.84. The zero-order valence-electron chi connectivity index (χ0n) is 14.2. The predicted molar refractivity (Wildman–Crippen MR) is 94.7 cm³/mol. The Kier molecular flexibility index (Phi) is 7.64. The maximum absolute atomic E-state index is 5.91. The van der Waals surface area contributed by atoms with Crippen molar-refractivity contribution in [3.8, 4) is 16.9 Å². The highest BCUT2D eigenvalue weighted by molar-refractivity contribution is 5.70. The Labute approximate surface area is 139 Å². The fourth-order valence-corrected chi connectivity index (χ4v) is 2.36. The van der Waals surface area contributed by atoms with Crippen LogP contribution in [0.5, 0.6) is 5.75 Å². The van der Waals surface area contributed by atoms with Crippen LogP contribution in [0.25, 0.3) is 11.1 Å². The Morgan fingerprint density at radius 1 is 0.913 bits per heavy atom. The number of quaternary nitrogens is 1. The molecule has 0 amide bonds. The summed E-state index contributed by atoms with van der Waals surface area (Å²) in [7, 11) is 0. The number of ether oxygens (including phenoxy) is 2. The van der Waals surface area contributed by atoms with Crippen LogP contribution >= 0.6 is 0 Å². The van der Waals surface area contributed by atoms with Gasteiger partial charge in [0.15, 0.2) is 0 Å². The molecule has 124 valence electrons. The largest absolute Gasteiger partial charge is 0.491 e. The average molecular weight is 314 g/mol. The van der Waals surface area contributed by atoms with Crippen molar-refractivity contribution in [2.24, 2.45) is 0 Å². The summed E-state index contributed by atoms with van der Waals surface area (Å²) in [4.78, 5) is 0. The van der Waals surface area contributed by atoms with Crippen molar-refractivity contribution in [2.45, 2.75) is 26.3 Å². The van der Waals surface area contributed by atoms with Crippen LogP contribution in [0.2, 0.25) is 0 Å². The number of rotatable bonds is 10. The average Bonchev–Trinajstić information content (AvgIpc) is 2.61. The van der Waals surface area contributed by atoms with Crippen molar-refractivity contribution in [1.29, 1.82) is 0 Å². The summed E-state index contributed by atoms with van der Waals surface area (Å²) in [6.07, 6.45) is 1.19. The molecule has 0 saturated heterocycles. The third-order valence-electron chi connectivity index (χ3n) is 3.93. The van der Waals surface area contributed by atoms with E-state index in [2.05, 4.69) is 37.4 Å². The fraction of sp³-hybridized carbons (Fsp3) is 0.400. The van der Waals surface area contributed by atoms with Crippen LogP contribution in [0.1, 0.15) is 20.3 Å². The van der Waals surface area contributed by atoms with Gasteiger partial charge in [0.2, 0.25) is 0 Å². The second kappa shape index (κ2) is 10.0. The summed E-state index contributed by atoms with van der Waals surface area (Å²) in [6.45, 7) is 7.43. The van der Waals surface area contributed by atoms with Gasteiger partial charge >= 0.3 is 0 Å². The third kappa shape index (κ3) is 6.05. The van der Waals surface area contributed by atoms with Gasteiger partial charge in [-0.15, -0.1) is 0 Å². The summed E-state index contributed by atoms with van der Waals surface area (Å²) in [5, 5.41) is 2.32. The first kappa shape index (κ1) is 17.5. The van der Waals surface area contributed by atoms with E-state index in [1.807, 2.05) is 36.4 Å². The van der Waals surface area contributed by atoms with E-state index in [0.29, 0.717) is 19.3 Å². The molecule has 0 fully saturated rings. The zero-order valence-corrected chi connectivity index (χ0v) is 14.2. The molecule has 2 N–H and O–H groups in total. The lowest BCUT2D eigenvalue weighted by molar-refractivity contribution is -0.687. The van der Waals surface area contributed by atoms with Gasteiger partial charge in [-0.05, 0) is 25.0 Å². The maximum atomic E-state index is 5.91. The number of nitrogens with two attached hydrogens (primary N) is 1. The lowest BCUT2D eigenvalue weighted by Crippen LogP contribution is -2.90. The van der Waals surface area contributed by atoms with E-state index >= 15 is 0 Å². The minimum atomic E-state index is 0.577. The number of para-hydroxylation sites is 1. The minimum absolute atomic E-state index is 0.577. The van der Waals surface area contributed by atoms with Gasteiger partial charge in [0.05, 0.1) is 25.8 Å². The predicted octanol–water partition coefficient (Wildman–Crippen LogP) is 3.11. The second-order valence-corrected chi connectivity index (χ2v) is 5.73. The summed E-state index contributed by atoms with van der Waals surface area (Å²) >= 11 is 0. The fourth-order valence-electron chi connectivity index (χ4n) is 2.36. The van der Waals surface area contributed by atoms with Gasteiger partial charge in [0, 0.05) is 5.56 Å². The molecule has 0 spiro atoms. The summed E-state index contributed by atoms with van der Waals surface area (Å²) in [5.74, 6) is 0.911. The maximum Gasteiger partial charge on any atom is 0.127 e. The van der Waals surface area contributed by atoms with Crippen molar-refractivity contribution in [3.63, 3.8) is 0 Å². The van der Waals surface area contributed by atoms with E-state index in [4.69, 9.17) is 9.47 Å². The molecule has 0 saturated carbocycles. The number of benzene rings is 2. The molecule has 0 aromatic heterocycles. The molecule has 0 aliphatic heterocycles. The molecule has 3 nitrogen and oxygen atoms in total. The first-order valence-electron chi connectivity index (χ1n) is 8.49. The highest BCUT2D eigenvalue weighted by Gasteiger charge is 2.05. The molecule has 23 heavy (non-hydrogen) atoms. The Balaban J connectivity index is 1.74. The van der Waals surface area contributed by atoms with Crippen LogP contribution in [0.3, 0.4) is 0 Å². The summed E-state index contributed by atoms with van der Waals surface area (Å²) in [6, 6.07) is 19.1. The molecule has 2 aromatic carbocycles. The van der Waals surface area contributed by atoms with E-state index in [9.17, 15) is 0 Å². The van der Waals surface area contributed by atoms with Crippen LogP contribution < -0.4 is 10.1 Å². The molecule has 0 bridgehead atoms. The van der Waals surface area contributed by atoms with E-state index in [1.165, 1.54) is 12.0 Å². The van der Waals surface area contributed by atoms with Crippen LogP contribution in [0, 0.1) is 0 Å². The Morgan fingerprint density at radius 3 is 2.43 bits per heavy atom. The van der Waals surface area contributed by atoms with Gasteiger partial charge in [0.1, 0.15) is 12.4 Å². The highest BCUT2D eigenvalue weighted by atomic mass is 16.5. The Bertz CT molecular complexity index is 557. The van der Waals surface area contributed by atoms with E-state index in [1.54, 1.807) is 0 Å². The van der Waals surface area contributed by atoms with Gasteiger partial charge in [-0.1, -0.05) is 55.5 Å². The van der Waals surface area contributed by atoms with Crippen LogP contribution in [-0.2, 0) is 4.74 Å². The SMILES string of the molecule is CC[C@H](C)[NH2+]CCOCCOc1ccccc1-c1ccccc1. The smallest absolute Gasteiger partial charge is 0.127 e. The molecule has 0 heterocycles. The van der Waals surface area contributed by atoms with Crippen LogP contribution in [0.15, 0.2) is 54.6 Å². The Morgan fingerprint density at radius 2 is 1.65 bits per heavy atom. The van der Waals surface area contributed by atoms with Crippen LogP contribution in [0.4, 0.5) is 0 Å². The molecule has 3 heteroatoms. The molecular weight excluding hydrogens is 286 g/mol. The third-order valence-corrected chi connectivity index (χ3v) is 3.93. The molecule has 2 rings (SSSR count). The zero-order chi connectivity index (χ0) is 16.3. The van der Waals surface area contributed by atoms with Crippen molar-refractivity contribution in [1.82, 2.24) is 0 Å². The van der Waals surface area contributed by atoms with Gasteiger partial charge in [0.25, 0.3) is 0 Å². The first-order chi connectivity index (χ1) is 11.3. The van der Waals surface area contributed by atoms with Crippen molar-refractivity contribution >= 4 is 0 Å². The summed E-state index contributed by atoms with van der Waals surface area (Å²) in [5.41, 5.74) is 2.30. The topological polar surface area (TPSA) is 35.1 Å². The van der Waals surface area contributed by atoms with Crippen molar-refractivity contribution in [2.75, 3.05) is 26.4 Å². The monoisotopic (exact) mass is 314 g/mol. The second-order valence-electron chi connectivity index (χ2n) is 5.73. The quantitative estimate of drug-likeness (QED) is 0.684. The highest BCUT2D eigenvalue weighted by Crippen LogP contribution is 2.29. The normalized spacial score (nSPS) is 12.1. The lowest BCUT2D eigenvalue weighted by atomic mass is 10.1. The molecule has 1 atom stereocenters. The molecule has 0 unspecified atom stereocenters. The first-order valence-corrected chi connectivity index (χ1v) is 8.49. The van der Waals surface area contributed by atoms with Crippen molar-refractivity contribution in [3.05, 3.63) is 54.6 Å². The number of hydrogen-bond donors (Lipinski definition) is 1. The lowest BCUT2D eigenvalue weighted by Gasteiger charge is -2.12. The minimum Gasteiger partial charge on any atom is -0.491 e. The molecular formula is C20H28NO2+. The van der Waals surface area contributed by atoms with Gasteiger partial charge in [-0.25, -0.2) is 0 Å². The summed E-state index contributed by atoms with van der Waals surface area (Å²) < 4.78 is 11.5. The van der Waals surface area contributed by atoms with Gasteiger partial charge in [-0.2, -0.15) is 0 Å².